The first-order valence-corrected chi connectivity index (χ1v) is 6.47. The van der Waals surface area contributed by atoms with Gasteiger partial charge in [-0.2, -0.15) is 5.10 Å². The van der Waals surface area contributed by atoms with Gasteiger partial charge < -0.3 is 0 Å². The van der Waals surface area contributed by atoms with Crippen molar-refractivity contribution >= 4 is 21.7 Å². The molecule has 2 aromatic heterocycles. The average molecular weight is 257 g/mol. The third kappa shape index (κ3) is 1.72. The van der Waals surface area contributed by atoms with Gasteiger partial charge >= 0.3 is 0 Å². The zero-order valence-corrected chi connectivity index (χ0v) is 10.7. The molecule has 0 fully saturated rings. The van der Waals surface area contributed by atoms with Crippen LogP contribution in [0.1, 0.15) is 0 Å². The lowest BCUT2D eigenvalue weighted by atomic mass is 10.1. The standard InChI is InChI=1S/C17H11N3/c1-3-7-15-13(6-1)11-19-20-17(15)14-9-12-5-2-4-8-16(12)18-10-14/h1-11H. The highest BCUT2D eigenvalue weighted by Crippen LogP contribution is 2.26. The van der Waals surface area contributed by atoms with E-state index in [0.717, 1.165) is 32.9 Å². The van der Waals surface area contributed by atoms with Crippen LogP contribution in [0.4, 0.5) is 0 Å². The molecule has 0 saturated heterocycles. The van der Waals surface area contributed by atoms with E-state index in [2.05, 4.69) is 33.4 Å². The highest BCUT2D eigenvalue weighted by atomic mass is 15.1. The predicted octanol–water partition coefficient (Wildman–Crippen LogP) is 3.85. The van der Waals surface area contributed by atoms with E-state index in [1.807, 2.05) is 42.6 Å². The van der Waals surface area contributed by atoms with Crippen molar-refractivity contribution in [2.45, 2.75) is 0 Å². The molecule has 3 heteroatoms. The Morgan fingerprint density at radius 3 is 2.50 bits per heavy atom. The second-order valence-corrected chi connectivity index (χ2v) is 4.70. The molecular formula is C17H11N3. The molecule has 0 radical (unpaired) electrons. The molecule has 0 aliphatic heterocycles. The number of rotatable bonds is 1. The fraction of sp³-hybridized carbons (Fsp3) is 0. The minimum Gasteiger partial charge on any atom is -0.256 e. The summed E-state index contributed by atoms with van der Waals surface area (Å²) in [6, 6.07) is 18.3. The van der Waals surface area contributed by atoms with E-state index in [0.29, 0.717) is 0 Å². The van der Waals surface area contributed by atoms with Gasteiger partial charge in [0.2, 0.25) is 0 Å². The number of aromatic nitrogens is 3. The Bertz CT molecular complexity index is 910. The van der Waals surface area contributed by atoms with Crippen LogP contribution in [0.15, 0.2) is 67.0 Å². The van der Waals surface area contributed by atoms with Crippen molar-refractivity contribution in [2.24, 2.45) is 0 Å². The summed E-state index contributed by atoms with van der Waals surface area (Å²) >= 11 is 0. The van der Waals surface area contributed by atoms with E-state index in [1.165, 1.54) is 0 Å². The molecule has 0 aliphatic rings. The lowest BCUT2D eigenvalue weighted by Gasteiger charge is -2.05. The summed E-state index contributed by atoms with van der Waals surface area (Å²) in [5.41, 5.74) is 2.86. The number of nitrogens with zero attached hydrogens (tertiary/aromatic N) is 3. The molecule has 2 aromatic carbocycles. The molecule has 0 aliphatic carbocycles. The van der Waals surface area contributed by atoms with Gasteiger partial charge in [0.15, 0.2) is 0 Å². The molecule has 0 amide bonds. The molecule has 4 rings (SSSR count). The maximum absolute atomic E-state index is 4.50. The first-order valence-electron chi connectivity index (χ1n) is 6.47. The third-order valence-electron chi connectivity index (χ3n) is 3.43. The maximum Gasteiger partial charge on any atom is 0.102 e. The van der Waals surface area contributed by atoms with Crippen molar-refractivity contribution in [3.63, 3.8) is 0 Å². The van der Waals surface area contributed by atoms with Crippen molar-refractivity contribution in [2.75, 3.05) is 0 Å². The fourth-order valence-corrected chi connectivity index (χ4v) is 2.44. The predicted molar refractivity (Wildman–Crippen MR) is 80.3 cm³/mol. The summed E-state index contributed by atoms with van der Waals surface area (Å²) in [4.78, 5) is 4.50. The third-order valence-corrected chi connectivity index (χ3v) is 3.43. The van der Waals surface area contributed by atoms with Gasteiger partial charge in [0.1, 0.15) is 5.69 Å². The van der Waals surface area contributed by atoms with E-state index < -0.39 is 0 Å². The molecule has 2 heterocycles. The zero-order chi connectivity index (χ0) is 13.4. The lowest BCUT2D eigenvalue weighted by molar-refractivity contribution is 1.06. The number of benzene rings is 2. The highest BCUT2D eigenvalue weighted by molar-refractivity contribution is 5.95. The molecule has 0 atom stereocenters. The molecule has 20 heavy (non-hydrogen) atoms. The maximum atomic E-state index is 4.50. The normalized spacial score (nSPS) is 11.0. The number of fused-ring (bicyclic) bond motifs is 2. The molecule has 4 aromatic rings. The van der Waals surface area contributed by atoms with Crippen molar-refractivity contribution in [3.8, 4) is 11.3 Å². The van der Waals surface area contributed by atoms with Crippen LogP contribution >= 0.6 is 0 Å². The average Bonchev–Trinajstić information content (AvgIpc) is 2.54. The van der Waals surface area contributed by atoms with Crippen LogP contribution in [0.2, 0.25) is 0 Å². The van der Waals surface area contributed by atoms with Gasteiger partial charge in [0.05, 0.1) is 11.7 Å². The van der Waals surface area contributed by atoms with E-state index in [-0.39, 0.29) is 0 Å². The molecule has 0 saturated carbocycles. The topological polar surface area (TPSA) is 38.7 Å². The second-order valence-electron chi connectivity index (χ2n) is 4.70. The van der Waals surface area contributed by atoms with Crippen molar-refractivity contribution in [1.29, 1.82) is 0 Å². The zero-order valence-electron chi connectivity index (χ0n) is 10.7. The van der Waals surface area contributed by atoms with Crippen LogP contribution in [0.25, 0.3) is 32.9 Å². The SMILES string of the molecule is c1ccc2ncc(-c3nncc4ccccc34)cc2c1. The van der Waals surface area contributed by atoms with Gasteiger partial charge in [-0.3, -0.25) is 4.98 Å². The number of para-hydroxylation sites is 1. The van der Waals surface area contributed by atoms with Crippen molar-refractivity contribution < 1.29 is 0 Å². The second kappa shape index (κ2) is 4.38. The summed E-state index contributed by atoms with van der Waals surface area (Å²) in [6.45, 7) is 0. The monoisotopic (exact) mass is 257 g/mol. The molecule has 0 spiro atoms. The quantitative estimate of drug-likeness (QED) is 0.520. The number of hydrogen-bond donors (Lipinski definition) is 0. The van der Waals surface area contributed by atoms with Gasteiger partial charge in [-0.25, -0.2) is 0 Å². The minimum atomic E-state index is 0.876. The highest BCUT2D eigenvalue weighted by Gasteiger charge is 2.07. The van der Waals surface area contributed by atoms with Gasteiger partial charge in [0, 0.05) is 27.9 Å². The van der Waals surface area contributed by atoms with Crippen molar-refractivity contribution in [1.82, 2.24) is 15.2 Å². The molecule has 0 unspecified atom stereocenters. The van der Waals surface area contributed by atoms with Crippen LogP contribution in [0.3, 0.4) is 0 Å². The number of pyridine rings is 1. The van der Waals surface area contributed by atoms with E-state index in [4.69, 9.17) is 0 Å². The Labute approximate surface area is 115 Å². The first kappa shape index (κ1) is 11.1. The summed E-state index contributed by atoms with van der Waals surface area (Å²) < 4.78 is 0. The Hall–Kier alpha value is -2.81. The van der Waals surface area contributed by atoms with E-state index in [1.54, 1.807) is 6.20 Å². The van der Waals surface area contributed by atoms with Gasteiger partial charge in [0.25, 0.3) is 0 Å². The summed E-state index contributed by atoms with van der Waals surface area (Å²) in [5.74, 6) is 0. The van der Waals surface area contributed by atoms with Crippen LogP contribution in [0.5, 0.6) is 0 Å². The van der Waals surface area contributed by atoms with Gasteiger partial charge in [-0.1, -0.05) is 42.5 Å². The fourth-order valence-electron chi connectivity index (χ4n) is 2.44. The van der Waals surface area contributed by atoms with Crippen molar-refractivity contribution in [3.05, 3.63) is 67.0 Å². The molecule has 3 nitrogen and oxygen atoms in total. The first-order chi connectivity index (χ1) is 9.92. The molecule has 0 bridgehead atoms. The summed E-state index contributed by atoms with van der Waals surface area (Å²) in [6.07, 6.45) is 3.64. The van der Waals surface area contributed by atoms with Crippen LogP contribution < -0.4 is 0 Å². The van der Waals surface area contributed by atoms with Gasteiger partial charge in [-0.15, -0.1) is 5.10 Å². The summed E-state index contributed by atoms with van der Waals surface area (Å²) in [5, 5.41) is 11.7. The Morgan fingerprint density at radius 1 is 0.750 bits per heavy atom. The number of hydrogen-bond acceptors (Lipinski definition) is 3. The van der Waals surface area contributed by atoms with E-state index in [9.17, 15) is 0 Å². The Kier molecular flexibility index (Phi) is 2.42. The largest absolute Gasteiger partial charge is 0.256 e. The smallest absolute Gasteiger partial charge is 0.102 e. The molecular weight excluding hydrogens is 246 g/mol. The van der Waals surface area contributed by atoms with Gasteiger partial charge in [-0.05, 0) is 12.1 Å². The van der Waals surface area contributed by atoms with Crippen LogP contribution in [-0.4, -0.2) is 15.2 Å². The molecule has 94 valence electrons. The lowest BCUT2D eigenvalue weighted by Crippen LogP contribution is -1.90. The van der Waals surface area contributed by atoms with Crippen LogP contribution in [0, 0.1) is 0 Å². The van der Waals surface area contributed by atoms with Crippen LogP contribution in [-0.2, 0) is 0 Å². The molecule has 0 N–H and O–H groups in total. The Balaban J connectivity index is 2.01. The summed E-state index contributed by atoms with van der Waals surface area (Å²) in [7, 11) is 0. The minimum absolute atomic E-state index is 0.876. The Morgan fingerprint density at radius 2 is 1.55 bits per heavy atom. The van der Waals surface area contributed by atoms with E-state index >= 15 is 0 Å².